The fourth-order valence-electron chi connectivity index (χ4n) is 6.68. The molecular weight excluding hydrogens is 543 g/mol. The van der Waals surface area contributed by atoms with Crippen LogP contribution in [0.15, 0.2) is 24.5 Å². The van der Waals surface area contributed by atoms with Gasteiger partial charge in [-0.05, 0) is 70.6 Å². The molecule has 1 N–H and O–H groups in total. The van der Waals surface area contributed by atoms with Gasteiger partial charge < -0.3 is 15.0 Å². The van der Waals surface area contributed by atoms with Crippen molar-refractivity contribution in [3.05, 3.63) is 51.9 Å². The standard InChI is InChI=1S/C30H33FN6O3S/c1-16-20-24(30(11-12-30)36(5)25(20)38)41-22(16)21-18(31)14-33-26(35-21)34-19-8-7-17(13-32-19)23-29(9-6-10-29)15-37(23)27(39)40-28(2,3)4/h7-8,13-14,23H,6,9-12,15H2,1-5H3,(H,32,33,34,35). The Morgan fingerprint density at radius 1 is 1.17 bits per heavy atom. The van der Waals surface area contributed by atoms with Crippen molar-refractivity contribution >= 4 is 35.1 Å². The van der Waals surface area contributed by atoms with Gasteiger partial charge in [0.25, 0.3) is 5.91 Å². The molecular formula is C30H33FN6O3S. The number of carbonyl (C=O) groups is 2. The average Bonchev–Trinajstić information content (AvgIpc) is 3.56. The summed E-state index contributed by atoms with van der Waals surface area (Å²) >= 11 is 1.46. The van der Waals surface area contributed by atoms with E-state index in [1.54, 1.807) is 11.1 Å². The summed E-state index contributed by atoms with van der Waals surface area (Å²) in [4.78, 5) is 44.4. The predicted molar refractivity (Wildman–Crippen MR) is 153 cm³/mol. The summed E-state index contributed by atoms with van der Waals surface area (Å²) in [7, 11) is 1.85. The van der Waals surface area contributed by atoms with Crippen molar-refractivity contribution in [2.75, 3.05) is 18.9 Å². The molecule has 7 rings (SSSR count). The quantitative estimate of drug-likeness (QED) is 0.387. The van der Waals surface area contributed by atoms with E-state index >= 15 is 4.39 Å². The van der Waals surface area contributed by atoms with E-state index in [1.807, 2.05) is 51.8 Å². The fraction of sp³-hybridized carbons (Fsp3) is 0.500. The third-order valence-electron chi connectivity index (χ3n) is 9.11. The highest BCUT2D eigenvalue weighted by Gasteiger charge is 2.59. The van der Waals surface area contributed by atoms with E-state index in [9.17, 15) is 9.59 Å². The van der Waals surface area contributed by atoms with Crippen LogP contribution < -0.4 is 5.32 Å². The maximum atomic E-state index is 15.0. The molecule has 1 atom stereocenters. The van der Waals surface area contributed by atoms with Crippen molar-refractivity contribution in [3.8, 4) is 10.6 Å². The van der Waals surface area contributed by atoms with Gasteiger partial charge in [-0.15, -0.1) is 11.3 Å². The molecule has 0 bridgehead atoms. The highest BCUT2D eigenvalue weighted by atomic mass is 32.1. The lowest BCUT2D eigenvalue weighted by molar-refractivity contribution is -0.124. The molecule has 3 fully saturated rings. The number of ether oxygens (including phenoxy) is 1. The number of nitrogens with one attached hydrogen (secondary N) is 1. The zero-order valence-corrected chi connectivity index (χ0v) is 24.7. The molecule has 9 nitrogen and oxygen atoms in total. The Morgan fingerprint density at radius 2 is 1.93 bits per heavy atom. The van der Waals surface area contributed by atoms with Gasteiger partial charge in [0.1, 0.15) is 17.1 Å². The van der Waals surface area contributed by atoms with Gasteiger partial charge in [-0.2, -0.15) is 0 Å². The summed E-state index contributed by atoms with van der Waals surface area (Å²) in [6.45, 7) is 8.18. The molecule has 0 aromatic carbocycles. The Kier molecular flexibility index (Phi) is 5.58. The highest BCUT2D eigenvalue weighted by Crippen LogP contribution is 2.61. The molecule has 3 aromatic heterocycles. The van der Waals surface area contributed by atoms with Crippen molar-refractivity contribution < 1.29 is 18.7 Å². The third-order valence-corrected chi connectivity index (χ3v) is 10.6. The predicted octanol–water partition coefficient (Wildman–Crippen LogP) is 6.33. The van der Waals surface area contributed by atoms with E-state index in [4.69, 9.17) is 4.74 Å². The van der Waals surface area contributed by atoms with Gasteiger partial charge in [0.05, 0.1) is 28.2 Å². The Hall–Kier alpha value is -3.60. The molecule has 5 heterocycles. The van der Waals surface area contributed by atoms with Crippen molar-refractivity contribution in [2.24, 2.45) is 5.41 Å². The van der Waals surface area contributed by atoms with E-state index < -0.39 is 11.4 Å². The lowest BCUT2D eigenvalue weighted by Crippen LogP contribution is -2.63. The van der Waals surface area contributed by atoms with Crippen LogP contribution in [0, 0.1) is 18.2 Å². The summed E-state index contributed by atoms with van der Waals surface area (Å²) in [5.41, 5.74) is 1.89. The molecule has 4 aliphatic rings. The van der Waals surface area contributed by atoms with E-state index in [-0.39, 0.29) is 40.6 Å². The summed E-state index contributed by atoms with van der Waals surface area (Å²) in [5, 5.41) is 3.09. The van der Waals surface area contributed by atoms with Gasteiger partial charge in [0.2, 0.25) is 5.95 Å². The number of nitrogens with zero attached hydrogens (tertiary/aromatic N) is 5. The lowest BCUT2D eigenvalue weighted by Gasteiger charge is -2.62. The fourth-order valence-corrected chi connectivity index (χ4v) is 8.26. The number of aromatic nitrogens is 3. The summed E-state index contributed by atoms with van der Waals surface area (Å²) in [6, 6.07) is 3.73. The number of fused-ring (bicyclic) bond motifs is 2. The number of rotatable bonds is 4. The van der Waals surface area contributed by atoms with Crippen LogP contribution >= 0.6 is 11.3 Å². The summed E-state index contributed by atoms with van der Waals surface area (Å²) < 4.78 is 20.7. The van der Waals surface area contributed by atoms with Crippen molar-refractivity contribution in [2.45, 2.75) is 77.0 Å². The normalized spacial score (nSPS) is 21.5. The number of amides is 2. The molecule has 11 heteroatoms. The van der Waals surface area contributed by atoms with E-state index in [0.29, 0.717) is 22.8 Å². The Morgan fingerprint density at radius 3 is 2.54 bits per heavy atom. The first-order valence-corrected chi connectivity index (χ1v) is 14.9. The first-order valence-electron chi connectivity index (χ1n) is 14.1. The molecule has 2 amide bonds. The Bertz CT molecular complexity index is 1590. The first-order chi connectivity index (χ1) is 19.4. The van der Waals surface area contributed by atoms with E-state index in [2.05, 4.69) is 20.3 Å². The molecule has 2 spiro atoms. The first kappa shape index (κ1) is 26.3. The minimum Gasteiger partial charge on any atom is -0.444 e. The molecule has 3 aromatic rings. The molecule has 214 valence electrons. The SMILES string of the molecule is Cc1c(-c2nc(Nc3ccc(C4N(C(=O)OC(C)(C)C)CC45CCC5)cn3)ncc2F)sc2c1C(=O)N(C)C21CC1. The van der Waals surface area contributed by atoms with Crippen LogP contribution in [-0.2, 0) is 10.3 Å². The number of halogens is 1. The van der Waals surface area contributed by atoms with Crippen LogP contribution in [0.1, 0.15) is 85.3 Å². The number of hydrogen-bond donors (Lipinski definition) is 1. The second kappa shape index (κ2) is 8.70. The van der Waals surface area contributed by atoms with Crippen LogP contribution in [0.4, 0.5) is 21.0 Å². The van der Waals surface area contributed by atoms with Gasteiger partial charge in [0.15, 0.2) is 5.82 Å². The Labute approximate surface area is 242 Å². The van der Waals surface area contributed by atoms with Gasteiger partial charge in [-0.3, -0.25) is 9.69 Å². The van der Waals surface area contributed by atoms with Crippen molar-refractivity contribution in [1.82, 2.24) is 24.8 Å². The number of hydrogen-bond acceptors (Lipinski definition) is 8. The summed E-state index contributed by atoms with van der Waals surface area (Å²) in [5.74, 6) is 0.186. The van der Waals surface area contributed by atoms with Crippen LogP contribution in [0.2, 0.25) is 0 Å². The zero-order chi connectivity index (χ0) is 28.9. The topological polar surface area (TPSA) is 101 Å². The van der Waals surface area contributed by atoms with Crippen molar-refractivity contribution in [3.63, 3.8) is 0 Å². The van der Waals surface area contributed by atoms with Crippen LogP contribution in [-0.4, -0.2) is 55.9 Å². The minimum atomic E-state index is -0.559. The number of pyridine rings is 1. The monoisotopic (exact) mass is 576 g/mol. The molecule has 2 aliphatic heterocycles. The molecule has 1 saturated heterocycles. The second-order valence-corrected chi connectivity index (χ2v) is 13.9. The van der Waals surface area contributed by atoms with Crippen LogP contribution in [0.25, 0.3) is 10.6 Å². The van der Waals surface area contributed by atoms with Gasteiger partial charge >= 0.3 is 6.09 Å². The molecule has 1 unspecified atom stereocenters. The van der Waals surface area contributed by atoms with Crippen LogP contribution in [0.5, 0.6) is 0 Å². The number of carbonyl (C=O) groups excluding carboxylic acids is 2. The third kappa shape index (κ3) is 3.95. The summed E-state index contributed by atoms with van der Waals surface area (Å²) in [6.07, 6.45) is 7.81. The van der Waals surface area contributed by atoms with Crippen LogP contribution in [0.3, 0.4) is 0 Å². The van der Waals surface area contributed by atoms with E-state index in [1.165, 1.54) is 11.3 Å². The van der Waals surface area contributed by atoms with Gasteiger partial charge in [0, 0.05) is 30.1 Å². The second-order valence-electron chi connectivity index (χ2n) is 12.9. The average molecular weight is 577 g/mol. The highest BCUT2D eigenvalue weighted by molar-refractivity contribution is 7.16. The van der Waals surface area contributed by atoms with Gasteiger partial charge in [-0.1, -0.05) is 12.5 Å². The maximum absolute atomic E-state index is 15.0. The number of anilines is 2. The largest absolute Gasteiger partial charge is 0.444 e. The minimum absolute atomic E-state index is 0.00465. The Balaban J connectivity index is 1.13. The molecule has 41 heavy (non-hydrogen) atoms. The van der Waals surface area contributed by atoms with E-state index in [0.717, 1.165) is 54.3 Å². The molecule has 0 radical (unpaired) electrons. The zero-order valence-electron chi connectivity index (χ0n) is 23.9. The smallest absolute Gasteiger partial charge is 0.410 e. The maximum Gasteiger partial charge on any atom is 0.410 e. The van der Waals surface area contributed by atoms with Crippen molar-refractivity contribution in [1.29, 1.82) is 0 Å². The van der Waals surface area contributed by atoms with Gasteiger partial charge in [-0.25, -0.2) is 24.1 Å². The lowest BCUT2D eigenvalue weighted by atomic mass is 9.57. The number of likely N-dealkylation sites (tertiary alicyclic amines) is 1. The molecule has 2 saturated carbocycles. The number of thiophene rings is 1. The molecule has 2 aliphatic carbocycles.